The Balaban J connectivity index is 2.05. The molecule has 1 fully saturated rings. The molecular weight excluding hydrogens is 164 g/mol. The lowest BCUT2D eigenvalue weighted by molar-refractivity contribution is 0.121. The molecule has 0 saturated carbocycles. The molecule has 78 valence electrons. The van der Waals surface area contributed by atoms with Crippen LogP contribution in [0.2, 0.25) is 0 Å². The minimum Gasteiger partial charge on any atom is -0.390 e. The highest BCUT2D eigenvalue weighted by Gasteiger charge is 2.15. The molecule has 1 saturated heterocycles. The fourth-order valence-electron chi connectivity index (χ4n) is 1.70. The van der Waals surface area contributed by atoms with Crippen molar-refractivity contribution in [3.63, 3.8) is 0 Å². The van der Waals surface area contributed by atoms with Crippen molar-refractivity contribution in [1.29, 1.82) is 0 Å². The molecule has 3 nitrogen and oxygen atoms in total. The van der Waals surface area contributed by atoms with Crippen LogP contribution in [-0.2, 0) is 0 Å². The smallest absolute Gasteiger partial charge is 0.0791 e. The highest BCUT2D eigenvalue weighted by atomic mass is 16.3. The van der Waals surface area contributed by atoms with E-state index in [2.05, 4.69) is 24.1 Å². The summed E-state index contributed by atoms with van der Waals surface area (Å²) in [7, 11) is 0. The minimum atomic E-state index is -0.208. The normalized spacial score (nSPS) is 21.2. The second-order valence-corrected chi connectivity index (χ2v) is 4.22. The van der Waals surface area contributed by atoms with E-state index in [0.717, 1.165) is 6.54 Å². The Morgan fingerprint density at radius 2 is 1.92 bits per heavy atom. The first-order chi connectivity index (χ1) is 6.18. The van der Waals surface area contributed by atoms with Gasteiger partial charge in [0, 0.05) is 19.1 Å². The molecule has 0 bridgehead atoms. The van der Waals surface area contributed by atoms with Crippen molar-refractivity contribution in [2.75, 3.05) is 26.2 Å². The first-order valence-electron chi connectivity index (χ1n) is 5.32. The van der Waals surface area contributed by atoms with Crippen LogP contribution in [0.3, 0.4) is 0 Å². The van der Waals surface area contributed by atoms with Crippen LogP contribution in [0.15, 0.2) is 0 Å². The number of rotatable bonds is 5. The van der Waals surface area contributed by atoms with E-state index >= 15 is 0 Å². The molecule has 0 radical (unpaired) electrons. The molecule has 13 heavy (non-hydrogen) atoms. The van der Waals surface area contributed by atoms with Crippen LogP contribution in [-0.4, -0.2) is 48.3 Å². The van der Waals surface area contributed by atoms with Crippen molar-refractivity contribution < 1.29 is 5.11 Å². The number of aliphatic hydroxyl groups is 1. The largest absolute Gasteiger partial charge is 0.390 e. The molecule has 0 aromatic carbocycles. The lowest BCUT2D eigenvalue weighted by atomic mass is 10.3. The van der Waals surface area contributed by atoms with Gasteiger partial charge >= 0.3 is 0 Å². The fraction of sp³-hybridized carbons (Fsp3) is 1.00. The third-order valence-corrected chi connectivity index (χ3v) is 2.43. The molecule has 3 heteroatoms. The highest BCUT2D eigenvalue weighted by molar-refractivity contribution is 4.71. The zero-order chi connectivity index (χ0) is 9.68. The van der Waals surface area contributed by atoms with Crippen molar-refractivity contribution >= 4 is 0 Å². The van der Waals surface area contributed by atoms with Crippen molar-refractivity contribution in [2.45, 2.75) is 38.8 Å². The molecular formula is C10H22N2O. The number of nitrogens with one attached hydrogen (secondary N) is 1. The summed E-state index contributed by atoms with van der Waals surface area (Å²) in [4.78, 5) is 2.34. The lowest BCUT2D eigenvalue weighted by Crippen LogP contribution is -2.39. The maximum absolute atomic E-state index is 9.65. The summed E-state index contributed by atoms with van der Waals surface area (Å²) in [5, 5.41) is 12.9. The number of likely N-dealkylation sites (tertiary alicyclic amines) is 1. The van der Waals surface area contributed by atoms with E-state index in [-0.39, 0.29) is 6.10 Å². The molecule has 0 aromatic rings. The predicted molar refractivity (Wildman–Crippen MR) is 54.8 cm³/mol. The van der Waals surface area contributed by atoms with Crippen molar-refractivity contribution in [1.82, 2.24) is 10.2 Å². The predicted octanol–water partition coefficient (Wildman–Crippen LogP) is 0.441. The Kier molecular flexibility index (Phi) is 4.70. The van der Waals surface area contributed by atoms with Crippen LogP contribution in [0.5, 0.6) is 0 Å². The van der Waals surface area contributed by atoms with Gasteiger partial charge in [-0.15, -0.1) is 0 Å². The van der Waals surface area contributed by atoms with Gasteiger partial charge in [0.25, 0.3) is 0 Å². The maximum atomic E-state index is 9.65. The topological polar surface area (TPSA) is 35.5 Å². The van der Waals surface area contributed by atoms with Crippen LogP contribution >= 0.6 is 0 Å². The standard InChI is InChI=1S/C10H22N2O/c1-9(2)11-7-10(13)8-12-5-3-4-6-12/h9-11,13H,3-8H2,1-2H3. The van der Waals surface area contributed by atoms with Gasteiger partial charge in [-0.05, 0) is 25.9 Å². The monoisotopic (exact) mass is 186 g/mol. The number of hydrogen-bond donors (Lipinski definition) is 2. The Morgan fingerprint density at radius 1 is 1.31 bits per heavy atom. The number of hydrogen-bond acceptors (Lipinski definition) is 3. The molecule has 1 atom stereocenters. The summed E-state index contributed by atoms with van der Waals surface area (Å²) in [5.41, 5.74) is 0. The van der Waals surface area contributed by atoms with Gasteiger partial charge in [0.05, 0.1) is 6.10 Å². The van der Waals surface area contributed by atoms with Crippen LogP contribution in [0.1, 0.15) is 26.7 Å². The molecule has 1 unspecified atom stereocenters. The summed E-state index contributed by atoms with van der Waals surface area (Å²) in [6.45, 7) is 8.08. The van der Waals surface area contributed by atoms with E-state index < -0.39 is 0 Å². The van der Waals surface area contributed by atoms with Crippen LogP contribution in [0, 0.1) is 0 Å². The maximum Gasteiger partial charge on any atom is 0.0791 e. The summed E-state index contributed by atoms with van der Waals surface area (Å²) in [6, 6.07) is 0.466. The van der Waals surface area contributed by atoms with E-state index in [1.165, 1.54) is 25.9 Å². The van der Waals surface area contributed by atoms with Gasteiger partial charge in [0.15, 0.2) is 0 Å². The summed E-state index contributed by atoms with van der Waals surface area (Å²) >= 11 is 0. The Bertz CT molecular complexity index is 133. The van der Waals surface area contributed by atoms with Gasteiger partial charge in [-0.3, -0.25) is 0 Å². The molecule has 1 aliphatic rings. The van der Waals surface area contributed by atoms with E-state index in [0.29, 0.717) is 12.6 Å². The van der Waals surface area contributed by atoms with Crippen molar-refractivity contribution in [3.05, 3.63) is 0 Å². The average molecular weight is 186 g/mol. The third-order valence-electron chi connectivity index (χ3n) is 2.43. The summed E-state index contributed by atoms with van der Waals surface area (Å²) in [5.74, 6) is 0. The quantitative estimate of drug-likeness (QED) is 0.654. The summed E-state index contributed by atoms with van der Waals surface area (Å²) < 4.78 is 0. The van der Waals surface area contributed by atoms with Crippen molar-refractivity contribution in [2.24, 2.45) is 0 Å². The Labute approximate surface area is 81.1 Å². The van der Waals surface area contributed by atoms with Gasteiger partial charge in [-0.1, -0.05) is 13.8 Å². The van der Waals surface area contributed by atoms with Gasteiger partial charge in [0.1, 0.15) is 0 Å². The van der Waals surface area contributed by atoms with E-state index in [9.17, 15) is 5.11 Å². The Morgan fingerprint density at radius 3 is 2.46 bits per heavy atom. The summed E-state index contributed by atoms with van der Waals surface area (Å²) in [6.07, 6.45) is 2.38. The van der Waals surface area contributed by atoms with Gasteiger partial charge < -0.3 is 15.3 Å². The Hall–Kier alpha value is -0.120. The molecule has 0 spiro atoms. The zero-order valence-corrected chi connectivity index (χ0v) is 8.79. The van der Waals surface area contributed by atoms with E-state index in [4.69, 9.17) is 0 Å². The first-order valence-corrected chi connectivity index (χ1v) is 5.32. The molecule has 1 rings (SSSR count). The average Bonchev–Trinajstić information content (AvgIpc) is 2.53. The van der Waals surface area contributed by atoms with Gasteiger partial charge in [0.2, 0.25) is 0 Å². The van der Waals surface area contributed by atoms with E-state index in [1.807, 2.05) is 0 Å². The molecule has 2 N–H and O–H groups in total. The highest BCUT2D eigenvalue weighted by Crippen LogP contribution is 2.07. The minimum absolute atomic E-state index is 0.208. The number of nitrogens with zero attached hydrogens (tertiary/aromatic N) is 1. The van der Waals surface area contributed by atoms with Crippen LogP contribution in [0.25, 0.3) is 0 Å². The second kappa shape index (κ2) is 5.58. The zero-order valence-electron chi connectivity index (χ0n) is 8.79. The first kappa shape index (κ1) is 11.0. The van der Waals surface area contributed by atoms with Gasteiger partial charge in [-0.25, -0.2) is 0 Å². The lowest BCUT2D eigenvalue weighted by Gasteiger charge is -2.20. The molecule has 0 amide bonds. The second-order valence-electron chi connectivity index (χ2n) is 4.22. The van der Waals surface area contributed by atoms with Crippen molar-refractivity contribution in [3.8, 4) is 0 Å². The fourth-order valence-corrected chi connectivity index (χ4v) is 1.70. The van der Waals surface area contributed by atoms with E-state index in [1.54, 1.807) is 0 Å². The van der Waals surface area contributed by atoms with Crippen LogP contribution in [0.4, 0.5) is 0 Å². The van der Waals surface area contributed by atoms with Crippen LogP contribution < -0.4 is 5.32 Å². The molecule has 0 aliphatic carbocycles. The number of aliphatic hydroxyl groups excluding tert-OH is 1. The number of β-amino-alcohol motifs (C(OH)–C–C–N with tert-alkyl or cyclic N) is 1. The molecule has 1 heterocycles. The van der Waals surface area contributed by atoms with Gasteiger partial charge in [-0.2, -0.15) is 0 Å². The SMILES string of the molecule is CC(C)NCC(O)CN1CCCC1. The third kappa shape index (κ3) is 4.60. The molecule has 1 aliphatic heterocycles. The molecule has 0 aromatic heterocycles.